The van der Waals surface area contributed by atoms with Gasteiger partial charge in [0.25, 0.3) is 0 Å². The molecule has 6 heteroatoms. The summed E-state index contributed by atoms with van der Waals surface area (Å²) in [5, 5.41) is 0. The van der Waals surface area contributed by atoms with Crippen LogP contribution in [0.25, 0.3) is 10.2 Å². The maximum Gasteiger partial charge on any atom is 0.416 e. The fraction of sp³-hybridized carbons (Fsp3) is 0.409. The second kappa shape index (κ2) is 8.11. The molecule has 28 heavy (non-hydrogen) atoms. The Morgan fingerprint density at radius 2 is 1.79 bits per heavy atom. The predicted octanol–water partition coefficient (Wildman–Crippen LogP) is 6.55. The van der Waals surface area contributed by atoms with Gasteiger partial charge >= 0.3 is 6.18 Å². The number of hydrogen-bond acceptors (Lipinski definition) is 3. The highest BCUT2D eigenvalue weighted by molar-refractivity contribution is 7.16. The summed E-state index contributed by atoms with van der Waals surface area (Å²) in [6, 6.07) is 12.1. The highest BCUT2D eigenvalue weighted by Gasteiger charge is 2.29. The van der Waals surface area contributed by atoms with Crippen LogP contribution in [0.1, 0.15) is 36.8 Å². The van der Waals surface area contributed by atoms with Crippen LogP contribution in [0.15, 0.2) is 48.0 Å². The molecule has 1 aliphatic rings. The zero-order valence-electron chi connectivity index (χ0n) is 15.6. The molecule has 0 aliphatic carbocycles. The topological polar surface area (TPSA) is 16.1 Å². The Morgan fingerprint density at radius 1 is 1.04 bits per heavy atom. The van der Waals surface area contributed by atoms with E-state index in [2.05, 4.69) is 28.1 Å². The monoisotopic (exact) mass is 404 g/mol. The van der Waals surface area contributed by atoms with E-state index < -0.39 is 11.7 Å². The summed E-state index contributed by atoms with van der Waals surface area (Å²) < 4.78 is 39.1. The number of aryl methyl sites for hydroxylation is 1. The Bertz CT molecular complexity index is 909. The summed E-state index contributed by atoms with van der Waals surface area (Å²) in [6.07, 6.45) is 1.10. The smallest absolute Gasteiger partial charge is 0.371 e. The van der Waals surface area contributed by atoms with Crippen molar-refractivity contribution in [2.45, 2.75) is 38.3 Å². The van der Waals surface area contributed by atoms with Gasteiger partial charge in [-0.1, -0.05) is 12.1 Å². The van der Waals surface area contributed by atoms with Gasteiger partial charge in [-0.25, -0.2) is 4.98 Å². The van der Waals surface area contributed by atoms with E-state index in [1.807, 2.05) is 5.51 Å². The highest BCUT2D eigenvalue weighted by Crippen LogP contribution is 2.31. The summed E-state index contributed by atoms with van der Waals surface area (Å²) in [5.74, 6) is 0.703. The third kappa shape index (κ3) is 4.49. The molecule has 2 nitrogen and oxygen atoms in total. The summed E-state index contributed by atoms with van der Waals surface area (Å²) in [5.41, 5.74) is 4.63. The first-order chi connectivity index (χ1) is 13.5. The number of nitrogens with zero attached hydrogens (tertiary/aromatic N) is 2. The molecule has 1 saturated heterocycles. The molecule has 1 aromatic heterocycles. The van der Waals surface area contributed by atoms with Gasteiger partial charge in [-0.05, 0) is 73.9 Å². The number of alkyl halides is 3. The van der Waals surface area contributed by atoms with Gasteiger partial charge in [0.05, 0.1) is 21.3 Å². The van der Waals surface area contributed by atoms with Crippen molar-refractivity contribution in [3.05, 3.63) is 59.1 Å². The highest BCUT2D eigenvalue weighted by atomic mass is 32.1. The number of hydrogen-bond donors (Lipinski definition) is 0. The molecule has 0 amide bonds. The Balaban J connectivity index is 1.23. The van der Waals surface area contributed by atoms with Crippen LogP contribution in [0.3, 0.4) is 0 Å². The van der Waals surface area contributed by atoms with Gasteiger partial charge < -0.3 is 4.90 Å². The standard InChI is InChI=1S/C22H23F3N2S/c23-22(24,25)18-6-4-16(5-7-18)2-1-3-17-10-12-27(13-11-17)19-8-9-21-20(14-19)26-15-28-21/h4-9,14-15,17H,1-3,10-13H2. The SMILES string of the molecule is FC(F)(F)c1ccc(CCCC2CCN(c3ccc4scnc4c3)CC2)cc1. The minimum absolute atomic E-state index is 0.570. The summed E-state index contributed by atoms with van der Waals surface area (Å²) >= 11 is 1.67. The lowest BCUT2D eigenvalue weighted by atomic mass is 9.90. The van der Waals surface area contributed by atoms with Gasteiger partial charge in [-0.3, -0.25) is 0 Å². The van der Waals surface area contributed by atoms with E-state index >= 15 is 0 Å². The Morgan fingerprint density at radius 3 is 2.50 bits per heavy atom. The first-order valence-electron chi connectivity index (χ1n) is 9.73. The number of aromatic nitrogens is 1. The van der Waals surface area contributed by atoms with Crippen molar-refractivity contribution < 1.29 is 13.2 Å². The van der Waals surface area contributed by atoms with E-state index in [-0.39, 0.29) is 0 Å². The molecule has 2 heterocycles. The number of piperidine rings is 1. The van der Waals surface area contributed by atoms with Crippen molar-refractivity contribution in [1.82, 2.24) is 4.98 Å². The second-order valence-electron chi connectivity index (χ2n) is 7.52. The number of benzene rings is 2. The van der Waals surface area contributed by atoms with Gasteiger partial charge in [0.1, 0.15) is 0 Å². The average Bonchev–Trinajstić information content (AvgIpc) is 3.16. The van der Waals surface area contributed by atoms with E-state index in [1.165, 1.54) is 35.4 Å². The fourth-order valence-corrected chi connectivity index (χ4v) is 4.64. The third-order valence-corrected chi connectivity index (χ3v) is 6.46. The number of halogens is 3. The van der Waals surface area contributed by atoms with Crippen LogP contribution in [0.2, 0.25) is 0 Å². The van der Waals surface area contributed by atoms with Crippen LogP contribution in [0.5, 0.6) is 0 Å². The number of anilines is 1. The maximum absolute atomic E-state index is 12.6. The first-order valence-corrected chi connectivity index (χ1v) is 10.6. The van der Waals surface area contributed by atoms with Crippen LogP contribution in [0.4, 0.5) is 18.9 Å². The molecule has 2 aromatic carbocycles. The van der Waals surface area contributed by atoms with Gasteiger partial charge in [-0.15, -0.1) is 11.3 Å². The predicted molar refractivity (Wildman–Crippen MR) is 109 cm³/mol. The van der Waals surface area contributed by atoms with Crippen LogP contribution in [-0.4, -0.2) is 18.1 Å². The quantitative estimate of drug-likeness (QED) is 0.479. The third-order valence-electron chi connectivity index (χ3n) is 5.65. The van der Waals surface area contributed by atoms with Crippen molar-refractivity contribution in [3.63, 3.8) is 0 Å². The molecule has 0 saturated carbocycles. The molecule has 4 rings (SSSR count). The minimum Gasteiger partial charge on any atom is -0.371 e. The van der Waals surface area contributed by atoms with Crippen molar-refractivity contribution in [1.29, 1.82) is 0 Å². The first kappa shape index (κ1) is 19.2. The van der Waals surface area contributed by atoms with Crippen molar-refractivity contribution in [2.75, 3.05) is 18.0 Å². The van der Waals surface area contributed by atoms with Gasteiger partial charge in [-0.2, -0.15) is 13.2 Å². The molecule has 0 radical (unpaired) electrons. The van der Waals surface area contributed by atoms with Crippen molar-refractivity contribution in [2.24, 2.45) is 5.92 Å². The molecule has 0 N–H and O–H groups in total. The number of rotatable bonds is 5. The van der Waals surface area contributed by atoms with E-state index in [0.29, 0.717) is 5.92 Å². The van der Waals surface area contributed by atoms with Gasteiger partial charge in [0.15, 0.2) is 0 Å². The molecule has 1 fully saturated rings. The summed E-state index contributed by atoms with van der Waals surface area (Å²) in [6.45, 7) is 2.11. The Kier molecular flexibility index (Phi) is 5.58. The number of thiazole rings is 1. The van der Waals surface area contributed by atoms with Crippen LogP contribution in [0, 0.1) is 5.92 Å². The summed E-state index contributed by atoms with van der Waals surface area (Å²) in [4.78, 5) is 6.84. The Hall–Kier alpha value is -2.08. The molecule has 0 spiro atoms. The zero-order chi connectivity index (χ0) is 19.6. The van der Waals surface area contributed by atoms with Gasteiger partial charge in [0, 0.05) is 18.8 Å². The van der Waals surface area contributed by atoms with Crippen LogP contribution >= 0.6 is 11.3 Å². The average molecular weight is 405 g/mol. The van der Waals surface area contributed by atoms with Crippen molar-refractivity contribution in [3.8, 4) is 0 Å². The fourth-order valence-electron chi connectivity index (χ4n) is 3.98. The molecule has 0 unspecified atom stereocenters. The van der Waals surface area contributed by atoms with E-state index in [9.17, 15) is 13.2 Å². The lowest BCUT2D eigenvalue weighted by Gasteiger charge is -2.33. The van der Waals surface area contributed by atoms with E-state index in [0.717, 1.165) is 43.4 Å². The van der Waals surface area contributed by atoms with E-state index in [4.69, 9.17) is 0 Å². The van der Waals surface area contributed by atoms with Gasteiger partial charge in [0.2, 0.25) is 0 Å². The maximum atomic E-state index is 12.6. The minimum atomic E-state index is -4.25. The molecule has 148 valence electrons. The normalized spacial score (nSPS) is 16.0. The molecular weight excluding hydrogens is 381 g/mol. The molecular formula is C22H23F3N2S. The number of fused-ring (bicyclic) bond motifs is 1. The zero-order valence-corrected chi connectivity index (χ0v) is 16.4. The lowest BCUT2D eigenvalue weighted by Crippen LogP contribution is -2.33. The molecule has 1 aliphatic heterocycles. The lowest BCUT2D eigenvalue weighted by molar-refractivity contribution is -0.137. The van der Waals surface area contributed by atoms with E-state index in [1.54, 1.807) is 23.5 Å². The largest absolute Gasteiger partial charge is 0.416 e. The molecule has 3 aromatic rings. The summed E-state index contributed by atoms with van der Waals surface area (Å²) in [7, 11) is 0. The molecule has 0 bridgehead atoms. The van der Waals surface area contributed by atoms with Crippen LogP contribution < -0.4 is 4.90 Å². The van der Waals surface area contributed by atoms with Crippen LogP contribution in [-0.2, 0) is 12.6 Å². The Labute approximate surface area is 167 Å². The second-order valence-corrected chi connectivity index (χ2v) is 8.41. The van der Waals surface area contributed by atoms with Crippen molar-refractivity contribution >= 4 is 27.2 Å². The molecule has 0 atom stereocenters.